The van der Waals surface area contributed by atoms with E-state index in [1.165, 1.54) is 12.1 Å². The number of nitrogens with two attached hydrogens (primary N) is 1. The lowest BCUT2D eigenvalue weighted by Crippen LogP contribution is -2.08. The minimum Gasteiger partial charge on any atom is -0.488 e. The van der Waals surface area contributed by atoms with E-state index in [2.05, 4.69) is 0 Å². The first-order chi connectivity index (χ1) is 9.49. The monoisotopic (exact) mass is 313 g/mol. The molecule has 2 N–H and O–H groups in total. The van der Waals surface area contributed by atoms with E-state index in [1.54, 1.807) is 24.3 Å². The molecular weight excluding hydrogens is 300 g/mol. The van der Waals surface area contributed by atoms with Gasteiger partial charge in [0.1, 0.15) is 18.2 Å². The lowest BCUT2D eigenvalue weighted by Gasteiger charge is -2.15. The Morgan fingerprint density at radius 2 is 2.00 bits per heavy atom. The fraction of sp³-hybridized carbons (Fsp3) is 0.200. The van der Waals surface area contributed by atoms with Gasteiger partial charge in [0.05, 0.1) is 10.0 Å². The first kappa shape index (κ1) is 15.1. The average Bonchev–Trinajstić information content (AvgIpc) is 2.40. The fourth-order valence-corrected chi connectivity index (χ4v) is 2.20. The summed E-state index contributed by atoms with van der Waals surface area (Å²) in [7, 11) is 0. The minimum atomic E-state index is -0.374. The molecule has 0 radical (unpaired) electrons. The molecule has 0 aromatic heterocycles. The van der Waals surface area contributed by atoms with E-state index in [1.807, 2.05) is 6.92 Å². The van der Waals surface area contributed by atoms with Crippen LogP contribution in [0.15, 0.2) is 36.4 Å². The fourth-order valence-electron chi connectivity index (χ4n) is 1.82. The van der Waals surface area contributed by atoms with Crippen LogP contribution < -0.4 is 10.5 Å². The maximum atomic E-state index is 13.3. The van der Waals surface area contributed by atoms with Gasteiger partial charge in [-0.05, 0) is 19.1 Å². The van der Waals surface area contributed by atoms with Crippen molar-refractivity contribution in [1.82, 2.24) is 0 Å². The van der Waals surface area contributed by atoms with Gasteiger partial charge in [-0.3, -0.25) is 0 Å². The summed E-state index contributed by atoms with van der Waals surface area (Å²) in [6, 6.07) is 9.33. The third kappa shape index (κ3) is 3.42. The van der Waals surface area contributed by atoms with Gasteiger partial charge in [-0.2, -0.15) is 0 Å². The van der Waals surface area contributed by atoms with Crippen LogP contribution in [0.5, 0.6) is 5.75 Å². The van der Waals surface area contributed by atoms with Gasteiger partial charge in [0.15, 0.2) is 0 Å². The zero-order valence-corrected chi connectivity index (χ0v) is 12.4. The zero-order valence-electron chi connectivity index (χ0n) is 10.9. The number of benzene rings is 2. The van der Waals surface area contributed by atoms with E-state index in [-0.39, 0.29) is 18.5 Å². The van der Waals surface area contributed by atoms with Crippen molar-refractivity contribution in [1.29, 1.82) is 0 Å². The summed E-state index contributed by atoms with van der Waals surface area (Å²) in [6.45, 7) is 2.01. The summed E-state index contributed by atoms with van der Waals surface area (Å²) in [5.41, 5.74) is 7.31. The molecular formula is C15H14Cl2FNO. The van der Waals surface area contributed by atoms with Crippen LogP contribution in [0.2, 0.25) is 10.0 Å². The Kier molecular flexibility index (Phi) is 4.86. The topological polar surface area (TPSA) is 35.2 Å². The van der Waals surface area contributed by atoms with Gasteiger partial charge in [-0.25, -0.2) is 4.39 Å². The maximum Gasteiger partial charge on any atom is 0.127 e. The van der Waals surface area contributed by atoms with Crippen LogP contribution >= 0.6 is 23.2 Å². The molecule has 0 bridgehead atoms. The van der Waals surface area contributed by atoms with Gasteiger partial charge in [0.2, 0.25) is 0 Å². The molecule has 2 rings (SSSR count). The van der Waals surface area contributed by atoms with E-state index in [4.69, 9.17) is 33.7 Å². The van der Waals surface area contributed by atoms with Gasteiger partial charge in [-0.1, -0.05) is 41.4 Å². The second-order valence-corrected chi connectivity index (χ2v) is 5.26. The van der Waals surface area contributed by atoms with E-state index in [9.17, 15) is 4.39 Å². The summed E-state index contributed by atoms with van der Waals surface area (Å²) >= 11 is 12.0. The second kappa shape index (κ2) is 6.44. The normalized spacial score (nSPS) is 12.2. The molecule has 0 saturated heterocycles. The highest BCUT2D eigenvalue weighted by molar-refractivity contribution is 6.42. The van der Waals surface area contributed by atoms with E-state index >= 15 is 0 Å². The lowest BCUT2D eigenvalue weighted by atomic mass is 10.1. The summed E-state index contributed by atoms with van der Waals surface area (Å²) in [5.74, 6) is 0.0395. The van der Waals surface area contributed by atoms with Crippen LogP contribution in [0.3, 0.4) is 0 Å². The predicted octanol–water partition coefficient (Wildman–Crippen LogP) is 4.73. The number of hydrogen-bond donors (Lipinski definition) is 1. The largest absolute Gasteiger partial charge is 0.488 e. The molecule has 0 aliphatic heterocycles. The molecule has 0 aliphatic carbocycles. The van der Waals surface area contributed by atoms with E-state index < -0.39 is 0 Å². The molecule has 0 heterocycles. The van der Waals surface area contributed by atoms with Crippen molar-refractivity contribution in [2.24, 2.45) is 5.73 Å². The van der Waals surface area contributed by atoms with Crippen molar-refractivity contribution < 1.29 is 9.13 Å². The molecule has 5 heteroatoms. The minimum absolute atomic E-state index is 0.197. The van der Waals surface area contributed by atoms with Crippen molar-refractivity contribution in [2.45, 2.75) is 19.6 Å². The van der Waals surface area contributed by atoms with Crippen LogP contribution in [0.4, 0.5) is 4.39 Å². The Hall–Kier alpha value is -1.29. The quantitative estimate of drug-likeness (QED) is 0.885. The van der Waals surface area contributed by atoms with Crippen molar-refractivity contribution >= 4 is 23.2 Å². The van der Waals surface area contributed by atoms with Crippen LogP contribution in [-0.4, -0.2) is 0 Å². The maximum absolute atomic E-state index is 13.3. The van der Waals surface area contributed by atoms with Gasteiger partial charge < -0.3 is 10.5 Å². The Morgan fingerprint density at radius 3 is 2.70 bits per heavy atom. The van der Waals surface area contributed by atoms with Gasteiger partial charge in [0.25, 0.3) is 0 Å². The van der Waals surface area contributed by atoms with E-state index in [0.29, 0.717) is 15.8 Å². The first-order valence-electron chi connectivity index (χ1n) is 6.09. The van der Waals surface area contributed by atoms with Gasteiger partial charge >= 0.3 is 0 Å². The molecule has 106 valence electrons. The molecule has 0 amide bonds. The molecule has 0 saturated carbocycles. The Bertz CT molecular complexity index is 617. The highest BCUT2D eigenvalue weighted by Gasteiger charge is 2.11. The molecule has 20 heavy (non-hydrogen) atoms. The number of hydrogen-bond acceptors (Lipinski definition) is 2. The number of halogens is 3. The highest BCUT2D eigenvalue weighted by atomic mass is 35.5. The van der Waals surface area contributed by atoms with Gasteiger partial charge in [0, 0.05) is 23.2 Å². The summed E-state index contributed by atoms with van der Waals surface area (Å²) in [6.07, 6.45) is 0. The summed E-state index contributed by atoms with van der Waals surface area (Å²) < 4.78 is 18.9. The van der Waals surface area contributed by atoms with Crippen LogP contribution in [0.1, 0.15) is 24.1 Å². The SMILES string of the molecule is C[C@H](N)c1ccc(F)cc1OCc1cccc(Cl)c1Cl. The molecule has 0 unspecified atom stereocenters. The standard InChI is InChI=1S/C15H14Cl2FNO/c1-9(19)12-6-5-11(18)7-14(12)20-8-10-3-2-4-13(16)15(10)17/h2-7,9H,8,19H2,1H3/t9-/m0/s1. The van der Waals surface area contributed by atoms with Crippen molar-refractivity contribution in [2.75, 3.05) is 0 Å². The molecule has 2 aromatic rings. The zero-order chi connectivity index (χ0) is 14.7. The molecule has 0 spiro atoms. The molecule has 2 aromatic carbocycles. The summed E-state index contributed by atoms with van der Waals surface area (Å²) in [4.78, 5) is 0. The van der Waals surface area contributed by atoms with Crippen LogP contribution in [0, 0.1) is 5.82 Å². The van der Waals surface area contributed by atoms with Gasteiger partial charge in [-0.15, -0.1) is 0 Å². The smallest absolute Gasteiger partial charge is 0.127 e. The average molecular weight is 314 g/mol. The molecule has 2 nitrogen and oxygen atoms in total. The van der Waals surface area contributed by atoms with Crippen LogP contribution in [0.25, 0.3) is 0 Å². The van der Waals surface area contributed by atoms with Crippen molar-refractivity contribution in [3.05, 3.63) is 63.4 Å². The Morgan fingerprint density at radius 1 is 1.25 bits per heavy atom. The molecule has 0 aliphatic rings. The van der Waals surface area contributed by atoms with Crippen LogP contribution in [-0.2, 0) is 6.61 Å². The highest BCUT2D eigenvalue weighted by Crippen LogP contribution is 2.29. The molecule has 0 fully saturated rings. The molecule has 1 atom stereocenters. The van der Waals surface area contributed by atoms with Crippen molar-refractivity contribution in [3.8, 4) is 5.75 Å². The second-order valence-electron chi connectivity index (χ2n) is 4.47. The van der Waals surface area contributed by atoms with Crippen molar-refractivity contribution in [3.63, 3.8) is 0 Å². The lowest BCUT2D eigenvalue weighted by molar-refractivity contribution is 0.300. The first-order valence-corrected chi connectivity index (χ1v) is 6.85. The predicted molar refractivity (Wildman–Crippen MR) is 79.8 cm³/mol. The third-order valence-electron chi connectivity index (χ3n) is 2.88. The van der Waals surface area contributed by atoms with E-state index in [0.717, 1.165) is 11.1 Å². The number of rotatable bonds is 4. The Balaban J connectivity index is 2.22. The third-order valence-corrected chi connectivity index (χ3v) is 3.74. The number of ether oxygens (including phenoxy) is 1. The Labute approximate surface area is 127 Å². The summed E-state index contributed by atoms with van der Waals surface area (Å²) in [5, 5.41) is 0.896.